The quantitative estimate of drug-likeness (QED) is 0.744. The van der Waals surface area contributed by atoms with Crippen molar-refractivity contribution < 1.29 is 13.2 Å². The average molecular weight is 343 g/mol. The van der Waals surface area contributed by atoms with Crippen LogP contribution in [0.1, 0.15) is 6.92 Å². The Balaban J connectivity index is 2.09. The summed E-state index contributed by atoms with van der Waals surface area (Å²) in [4.78, 5) is 0.0569. The number of rotatable bonds is 5. The summed E-state index contributed by atoms with van der Waals surface area (Å²) in [6.45, 7) is 2.52. The van der Waals surface area contributed by atoms with Crippen LogP contribution in [0.2, 0.25) is 0 Å². The number of hydrogen-bond acceptors (Lipinski definition) is 4. The van der Waals surface area contributed by atoms with Gasteiger partial charge in [-0.15, -0.1) is 0 Å². The molecule has 7 heteroatoms. The van der Waals surface area contributed by atoms with Gasteiger partial charge in [-0.1, -0.05) is 30.3 Å². The standard InChI is InChI=1S/C17H17N3O3S/c1-2-23-13-9-7-12(8-10-13)15-11-19-20-17(15)14-5-3-4-6-16(14)24(18,21)22/h3-11H,2H2,1H3,(H,19,20)(H2,18,21,22). The van der Waals surface area contributed by atoms with Crippen LogP contribution in [0.5, 0.6) is 5.75 Å². The first-order chi connectivity index (χ1) is 11.5. The molecule has 124 valence electrons. The van der Waals surface area contributed by atoms with E-state index in [1.54, 1.807) is 24.4 Å². The van der Waals surface area contributed by atoms with Gasteiger partial charge >= 0.3 is 0 Å². The molecule has 1 heterocycles. The molecule has 0 spiro atoms. The Morgan fingerprint density at radius 1 is 1.08 bits per heavy atom. The zero-order chi connectivity index (χ0) is 17.2. The summed E-state index contributed by atoms with van der Waals surface area (Å²) in [5, 5.41) is 12.3. The molecule has 3 rings (SSSR count). The molecule has 24 heavy (non-hydrogen) atoms. The van der Waals surface area contributed by atoms with Crippen molar-refractivity contribution in [3.63, 3.8) is 0 Å². The van der Waals surface area contributed by atoms with Crippen LogP contribution in [0.3, 0.4) is 0 Å². The molecule has 0 aliphatic heterocycles. The predicted molar refractivity (Wildman–Crippen MR) is 92.0 cm³/mol. The lowest BCUT2D eigenvalue weighted by Gasteiger charge is -2.09. The summed E-state index contributed by atoms with van der Waals surface area (Å²) in [6, 6.07) is 14.1. The zero-order valence-corrected chi connectivity index (χ0v) is 13.9. The molecule has 0 fully saturated rings. The largest absolute Gasteiger partial charge is 0.494 e. The Hall–Kier alpha value is -2.64. The number of aromatic amines is 1. The van der Waals surface area contributed by atoms with E-state index in [9.17, 15) is 8.42 Å². The summed E-state index contributed by atoms with van der Waals surface area (Å²) < 4.78 is 29.1. The molecule has 0 saturated heterocycles. The topological polar surface area (TPSA) is 98.1 Å². The van der Waals surface area contributed by atoms with Crippen LogP contribution in [-0.4, -0.2) is 25.2 Å². The highest BCUT2D eigenvalue weighted by atomic mass is 32.2. The molecule has 0 bridgehead atoms. The van der Waals surface area contributed by atoms with Gasteiger partial charge in [-0.25, -0.2) is 13.6 Å². The number of nitrogens with zero attached hydrogens (tertiary/aromatic N) is 1. The number of primary sulfonamides is 1. The van der Waals surface area contributed by atoms with Crippen molar-refractivity contribution in [3.8, 4) is 28.1 Å². The van der Waals surface area contributed by atoms with Gasteiger partial charge in [0.05, 0.1) is 23.4 Å². The van der Waals surface area contributed by atoms with E-state index in [2.05, 4.69) is 10.2 Å². The van der Waals surface area contributed by atoms with E-state index in [0.717, 1.165) is 16.9 Å². The molecule has 0 radical (unpaired) electrons. The molecule has 3 aromatic rings. The second-order valence-corrected chi connectivity index (χ2v) is 6.69. The molecule has 6 nitrogen and oxygen atoms in total. The molecular formula is C17H17N3O3S. The molecule has 0 saturated carbocycles. The summed E-state index contributed by atoms with van der Waals surface area (Å²) in [5.41, 5.74) is 2.77. The third-order valence-electron chi connectivity index (χ3n) is 3.58. The minimum absolute atomic E-state index is 0.0569. The number of ether oxygens (including phenoxy) is 1. The first kappa shape index (κ1) is 16.2. The van der Waals surface area contributed by atoms with Crippen LogP contribution >= 0.6 is 0 Å². The molecular weight excluding hydrogens is 326 g/mol. The zero-order valence-electron chi connectivity index (χ0n) is 13.1. The van der Waals surface area contributed by atoms with Crippen molar-refractivity contribution in [2.24, 2.45) is 5.14 Å². The predicted octanol–water partition coefficient (Wildman–Crippen LogP) is 2.79. The van der Waals surface area contributed by atoms with Crippen molar-refractivity contribution >= 4 is 10.0 Å². The number of aromatic nitrogens is 2. The number of sulfonamides is 1. The first-order valence-electron chi connectivity index (χ1n) is 7.39. The molecule has 0 aliphatic carbocycles. The number of nitrogens with two attached hydrogens (primary N) is 1. The van der Waals surface area contributed by atoms with E-state index in [-0.39, 0.29) is 4.90 Å². The van der Waals surface area contributed by atoms with Crippen LogP contribution in [0.15, 0.2) is 59.6 Å². The number of H-pyrrole nitrogens is 1. The van der Waals surface area contributed by atoms with Crippen molar-refractivity contribution in [1.29, 1.82) is 0 Å². The van der Waals surface area contributed by atoms with E-state index in [4.69, 9.17) is 9.88 Å². The molecule has 2 aromatic carbocycles. The van der Waals surface area contributed by atoms with Crippen molar-refractivity contribution in [3.05, 3.63) is 54.7 Å². The molecule has 0 unspecified atom stereocenters. The Bertz CT molecular complexity index is 947. The Kier molecular flexibility index (Phi) is 4.37. The fourth-order valence-electron chi connectivity index (χ4n) is 2.53. The van der Waals surface area contributed by atoms with Gasteiger partial charge in [0.15, 0.2) is 0 Å². The summed E-state index contributed by atoms with van der Waals surface area (Å²) >= 11 is 0. The number of nitrogens with one attached hydrogen (secondary N) is 1. The van der Waals surface area contributed by atoms with E-state index in [1.807, 2.05) is 31.2 Å². The normalized spacial score (nSPS) is 11.4. The number of hydrogen-bond donors (Lipinski definition) is 2. The lowest BCUT2D eigenvalue weighted by molar-refractivity contribution is 0.340. The second kappa shape index (κ2) is 6.46. The van der Waals surface area contributed by atoms with Crippen molar-refractivity contribution in [2.75, 3.05) is 6.61 Å². The second-order valence-electron chi connectivity index (χ2n) is 5.16. The SMILES string of the molecule is CCOc1ccc(-c2cn[nH]c2-c2ccccc2S(N)(=O)=O)cc1. The Morgan fingerprint density at radius 2 is 1.79 bits per heavy atom. The minimum Gasteiger partial charge on any atom is -0.494 e. The molecule has 0 amide bonds. The maximum atomic E-state index is 11.8. The van der Waals surface area contributed by atoms with Gasteiger partial charge in [0.2, 0.25) is 10.0 Å². The monoisotopic (exact) mass is 343 g/mol. The van der Waals surface area contributed by atoms with Gasteiger partial charge in [0, 0.05) is 11.1 Å². The van der Waals surface area contributed by atoms with E-state index < -0.39 is 10.0 Å². The highest BCUT2D eigenvalue weighted by molar-refractivity contribution is 7.89. The fraction of sp³-hybridized carbons (Fsp3) is 0.118. The minimum atomic E-state index is -3.84. The van der Waals surface area contributed by atoms with Gasteiger partial charge in [-0.05, 0) is 30.7 Å². The van der Waals surface area contributed by atoms with Gasteiger partial charge in [0.1, 0.15) is 5.75 Å². The molecule has 1 aromatic heterocycles. The van der Waals surface area contributed by atoms with Crippen molar-refractivity contribution in [2.45, 2.75) is 11.8 Å². The van der Waals surface area contributed by atoms with Crippen LogP contribution in [0, 0.1) is 0 Å². The highest BCUT2D eigenvalue weighted by Crippen LogP contribution is 2.34. The van der Waals surface area contributed by atoms with Gasteiger partial charge in [0.25, 0.3) is 0 Å². The van der Waals surface area contributed by atoms with E-state index >= 15 is 0 Å². The maximum Gasteiger partial charge on any atom is 0.238 e. The van der Waals surface area contributed by atoms with E-state index in [1.165, 1.54) is 6.07 Å². The molecule has 0 aliphatic rings. The fourth-order valence-corrected chi connectivity index (χ4v) is 3.27. The Labute approximate surface area is 140 Å². The summed E-state index contributed by atoms with van der Waals surface area (Å²) in [5.74, 6) is 0.774. The Morgan fingerprint density at radius 3 is 2.46 bits per heavy atom. The third-order valence-corrected chi connectivity index (χ3v) is 4.55. The maximum absolute atomic E-state index is 11.8. The molecule has 0 atom stereocenters. The lowest BCUT2D eigenvalue weighted by atomic mass is 10.0. The van der Waals surface area contributed by atoms with Gasteiger partial charge in [-0.2, -0.15) is 5.10 Å². The lowest BCUT2D eigenvalue weighted by Crippen LogP contribution is -2.13. The van der Waals surface area contributed by atoms with Crippen molar-refractivity contribution in [1.82, 2.24) is 10.2 Å². The van der Waals surface area contributed by atoms with Crippen LogP contribution in [0.4, 0.5) is 0 Å². The van der Waals surface area contributed by atoms with Crippen LogP contribution < -0.4 is 9.88 Å². The number of benzene rings is 2. The van der Waals surface area contributed by atoms with Gasteiger partial charge < -0.3 is 4.74 Å². The first-order valence-corrected chi connectivity index (χ1v) is 8.94. The highest BCUT2D eigenvalue weighted by Gasteiger charge is 2.18. The van der Waals surface area contributed by atoms with Gasteiger partial charge in [-0.3, -0.25) is 5.10 Å². The summed E-state index contributed by atoms with van der Waals surface area (Å²) in [7, 11) is -3.84. The van der Waals surface area contributed by atoms with E-state index in [0.29, 0.717) is 17.9 Å². The third kappa shape index (κ3) is 3.17. The summed E-state index contributed by atoms with van der Waals surface area (Å²) in [6.07, 6.45) is 1.66. The molecule has 3 N–H and O–H groups in total. The smallest absolute Gasteiger partial charge is 0.238 e. The van der Waals surface area contributed by atoms with Crippen LogP contribution in [0.25, 0.3) is 22.4 Å². The average Bonchev–Trinajstić information content (AvgIpc) is 3.04. The van der Waals surface area contributed by atoms with Crippen LogP contribution in [-0.2, 0) is 10.0 Å².